The van der Waals surface area contributed by atoms with E-state index in [1.165, 1.54) is 11.0 Å². The molecule has 0 bridgehead atoms. The first-order valence-electron chi connectivity index (χ1n) is 6.23. The SMILES string of the molecule is C=CCNC(=O)N1CC(Oc2ccc(C(F)(F)F)cn2)C1. The second kappa shape index (κ2) is 6.02. The summed E-state index contributed by atoms with van der Waals surface area (Å²) in [6.45, 7) is 4.59. The van der Waals surface area contributed by atoms with Crippen LogP contribution >= 0.6 is 0 Å². The Kier molecular flexibility index (Phi) is 4.35. The van der Waals surface area contributed by atoms with Crippen LogP contribution < -0.4 is 10.1 Å². The summed E-state index contributed by atoms with van der Waals surface area (Å²) >= 11 is 0. The molecule has 1 aromatic heterocycles. The van der Waals surface area contributed by atoms with Crippen LogP contribution in [0.3, 0.4) is 0 Å². The molecule has 114 valence electrons. The lowest BCUT2D eigenvalue weighted by Crippen LogP contribution is -2.58. The molecular weight excluding hydrogens is 287 g/mol. The van der Waals surface area contributed by atoms with Gasteiger partial charge in [0, 0.05) is 18.8 Å². The summed E-state index contributed by atoms with van der Waals surface area (Å²) in [5.41, 5.74) is -0.825. The molecule has 1 aliphatic heterocycles. The zero-order valence-corrected chi connectivity index (χ0v) is 11.1. The fourth-order valence-corrected chi connectivity index (χ4v) is 1.74. The fourth-order valence-electron chi connectivity index (χ4n) is 1.74. The number of amides is 2. The Labute approximate surface area is 119 Å². The predicted molar refractivity (Wildman–Crippen MR) is 68.8 cm³/mol. The predicted octanol–water partition coefficient (Wildman–Crippen LogP) is 2.06. The summed E-state index contributed by atoms with van der Waals surface area (Å²) in [5.74, 6) is 0.110. The highest BCUT2D eigenvalue weighted by Crippen LogP contribution is 2.29. The molecule has 1 saturated heterocycles. The van der Waals surface area contributed by atoms with E-state index in [4.69, 9.17) is 4.74 Å². The Morgan fingerprint density at radius 3 is 2.76 bits per heavy atom. The van der Waals surface area contributed by atoms with Crippen LogP contribution in [0.2, 0.25) is 0 Å². The smallest absolute Gasteiger partial charge is 0.417 e. The maximum atomic E-state index is 12.4. The number of halogens is 3. The molecule has 1 N–H and O–H groups in total. The molecule has 0 radical (unpaired) electrons. The molecule has 0 unspecified atom stereocenters. The van der Waals surface area contributed by atoms with E-state index in [0.29, 0.717) is 19.6 Å². The van der Waals surface area contributed by atoms with Crippen LogP contribution in [0.5, 0.6) is 5.88 Å². The molecule has 2 rings (SSSR count). The van der Waals surface area contributed by atoms with Crippen LogP contribution in [0, 0.1) is 0 Å². The van der Waals surface area contributed by atoms with E-state index in [-0.39, 0.29) is 18.0 Å². The Morgan fingerprint density at radius 1 is 1.52 bits per heavy atom. The van der Waals surface area contributed by atoms with Crippen molar-refractivity contribution in [3.05, 3.63) is 36.5 Å². The largest absolute Gasteiger partial charge is 0.471 e. The number of pyridine rings is 1. The van der Waals surface area contributed by atoms with Gasteiger partial charge in [-0.25, -0.2) is 9.78 Å². The number of nitrogens with one attached hydrogen (secondary N) is 1. The van der Waals surface area contributed by atoms with Crippen molar-refractivity contribution < 1.29 is 22.7 Å². The minimum atomic E-state index is -4.41. The Bertz CT molecular complexity index is 510. The van der Waals surface area contributed by atoms with Gasteiger partial charge in [-0.1, -0.05) is 6.08 Å². The summed E-state index contributed by atoms with van der Waals surface area (Å²) in [6.07, 6.45) is -2.38. The highest BCUT2D eigenvalue weighted by atomic mass is 19.4. The van der Waals surface area contributed by atoms with Gasteiger partial charge in [-0.05, 0) is 6.07 Å². The van der Waals surface area contributed by atoms with E-state index in [9.17, 15) is 18.0 Å². The number of hydrogen-bond acceptors (Lipinski definition) is 3. The third kappa shape index (κ3) is 3.87. The molecule has 2 amide bonds. The molecule has 21 heavy (non-hydrogen) atoms. The maximum absolute atomic E-state index is 12.4. The quantitative estimate of drug-likeness (QED) is 0.866. The topological polar surface area (TPSA) is 54.5 Å². The number of aromatic nitrogens is 1. The lowest BCUT2D eigenvalue weighted by Gasteiger charge is -2.38. The lowest BCUT2D eigenvalue weighted by atomic mass is 10.2. The van der Waals surface area contributed by atoms with E-state index < -0.39 is 11.7 Å². The van der Waals surface area contributed by atoms with Crippen molar-refractivity contribution in [2.45, 2.75) is 12.3 Å². The number of likely N-dealkylation sites (tertiary alicyclic amines) is 1. The minimum absolute atomic E-state index is 0.110. The maximum Gasteiger partial charge on any atom is 0.417 e. The van der Waals surface area contributed by atoms with Crippen molar-refractivity contribution in [3.8, 4) is 5.88 Å². The Hall–Kier alpha value is -2.25. The van der Waals surface area contributed by atoms with Gasteiger partial charge >= 0.3 is 12.2 Å². The van der Waals surface area contributed by atoms with Gasteiger partial charge in [0.2, 0.25) is 5.88 Å². The highest BCUT2D eigenvalue weighted by molar-refractivity contribution is 5.75. The number of urea groups is 1. The highest BCUT2D eigenvalue weighted by Gasteiger charge is 2.33. The minimum Gasteiger partial charge on any atom is -0.471 e. The molecule has 0 atom stereocenters. The first kappa shape index (κ1) is 15.1. The molecule has 1 aliphatic rings. The standard InChI is InChI=1S/C13H14F3N3O2/c1-2-5-17-12(20)19-7-10(8-19)21-11-4-3-9(6-18-11)13(14,15)16/h2-4,6,10H,1,5,7-8H2,(H,17,20). The number of carbonyl (C=O) groups is 1. The number of hydrogen-bond donors (Lipinski definition) is 1. The second-order valence-corrected chi connectivity index (χ2v) is 4.50. The van der Waals surface area contributed by atoms with Crippen LogP contribution in [0.4, 0.5) is 18.0 Å². The van der Waals surface area contributed by atoms with E-state index in [2.05, 4.69) is 16.9 Å². The second-order valence-electron chi connectivity index (χ2n) is 4.50. The first-order valence-corrected chi connectivity index (χ1v) is 6.23. The van der Waals surface area contributed by atoms with Gasteiger partial charge in [-0.2, -0.15) is 13.2 Å². The van der Waals surface area contributed by atoms with Crippen LogP contribution in [0.25, 0.3) is 0 Å². The van der Waals surface area contributed by atoms with Gasteiger partial charge in [0.25, 0.3) is 0 Å². The Balaban J connectivity index is 1.80. The van der Waals surface area contributed by atoms with Crippen LogP contribution in [0.1, 0.15) is 5.56 Å². The summed E-state index contributed by atoms with van der Waals surface area (Å²) < 4.78 is 42.5. The zero-order chi connectivity index (χ0) is 15.5. The van der Waals surface area contributed by atoms with Gasteiger partial charge in [0.1, 0.15) is 6.10 Å². The first-order chi connectivity index (χ1) is 9.90. The third-order valence-electron chi connectivity index (χ3n) is 2.88. The molecule has 0 aliphatic carbocycles. The molecule has 8 heteroatoms. The van der Waals surface area contributed by atoms with Crippen molar-refractivity contribution >= 4 is 6.03 Å². The average molecular weight is 301 g/mol. The summed E-state index contributed by atoms with van der Waals surface area (Å²) in [6, 6.07) is 1.86. The van der Waals surface area contributed by atoms with Gasteiger partial charge in [-0.3, -0.25) is 0 Å². The van der Waals surface area contributed by atoms with Crippen molar-refractivity contribution in [2.75, 3.05) is 19.6 Å². The molecule has 5 nitrogen and oxygen atoms in total. The Morgan fingerprint density at radius 2 is 2.24 bits per heavy atom. The number of nitrogens with zero attached hydrogens (tertiary/aromatic N) is 2. The normalized spacial score (nSPS) is 15.3. The summed E-state index contributed by atoms with van der Waals surface area (Å²) in [7, 11) is 0. The fraction of sp³-hybridized carbons (Fsp3) is 0.385. The van der Waals surface area contributed by atoms with E-state index in [1.54, 1.807) is 6.08 Å². The molecule has 0 saturated carbocycles. The van der Waals surface area contributed by atoms with Crippen molar-refractivity contribution in [1.82, 2.24) is 15.2 Å². The molecule has 0 spiro atoms. The van der Waals surface area contributed by atoms with Crippen LogP contribution in [-0.2, 0) is 6.18 Å². The van der Waals surface area contributed by atoms with Crippen molar-refractivity contribution in [1.29, 1.82) is 0 Å². The molecule has 1 fully saturated rings. The van der Waals surface area contributed by atoms with Crippen molar-refractivity contribution in [3.63, 3.8) is 0 Å². The number of rotatable bonds is 4. The number of carbonyl (C=O) groups excluding carboxylic acids is 1. The molecule has 1 aromatic rings. The molecule has 2 heterocycles. The average Bonchev–Trinajstić information content (AvgIpc) is 2.39. The zero-order valence-electron chi connectivity index (χ0n) is 11.1. The van der Waals surface area contributed by atoms with E-state index in [1.807, 2.05) is 0 Å². The van der Waals surface area contributed by atoms with Crippen LogP contribution in [0.15, 0.2) is 31.0 Å². The van der Waals surface area contributed by atoms with E-state index in [0.717, 1.165) is 12.3 Å². The summed E-state index contributed by atoms with van der Waals surface area (Å²) in [4.78, 5) is 16.6. The summed E-state index contributed by atoms with van der Waals surface area (Å²) in [5, 5.41) is 2.62. The number of ether oxygens (including phenoxy) is 1. The van der Waals surface area contributed by atoms with Gasteiger partial charge < -0.3 is 15.0 Å². The molecular formula is C13H14F3N3O2. The van der Waals surface area contributed by atoms with Crippen molar-refractivity contribution in [2.24, 2.45) is 0 Å². The number of alkyl halides is 3. The van der Waals surface area contributed by atoms with Gasteiger partial charge in [0.15, 0.2) is 0 Å². The molecule has 0 aromatic carbocycles. The van der Waals surface area contributed by atoms with Crippen LogP contribution in [-0.4, -0.2) is 41.7 Å². The van der Waals surface area contributed by atoms with Gasteiger partial charge in [0.05, 0.1) is 18.7 Å². The van der Waals surface area contributed by atoms with E-state index >= 15 is 0 Å². The van der Waals surface area contributed by atoms with Gasteiger partial charge in [-0.15, -0.1) is 6.58 Å². The third-order valence-corrected chi connectivity index (χ3v) is 2.88. The lowest BCUT2D eigenvalue weighted by molar-refractivity contribution is -0.137. The monoisotopic (exact) mass is 301 g/mol.